The van der Waals surface area contributed by atoms with Crippen molar-refractivity contribution in [1.29, 1.82) is 0 Å². The number of carbonyl (C=O) groups is 2. The van der Waals surface area contributed by atoms with Crippen LogP contribution in [0.2, 0.25) is 5.02 Å². The fraction of sp³-hybridized carbons (Fsp3) is 0.417. The second-order valence-corrected chi connectivity index (χ2v) is 10.8. The Morgan fingerprint density at radius 2 is 1.67 bits per heavy atom. The van der Waals surface area contributed by atoms with Gasteiger partial charge in [-0.05, 0) is 49.6 Å². The number of rotatable bonds is 9. The largest absolute Gasteiger partial charge is 0.352 e. The lowest BCUT2D eigenvalue weighted by molar-refractivity contribution is -0.139. The molecule has 1 aliphatic carbocycles. The number of nitrogens with zero attached hydrogens (tertiary/aromatic N) is 2. The summed E-state index contributed by atoms with van der Waals surface area (Å²) >= 11 is 5.94. The first-order chi connectivity index (χ1) is 15.6. The van der Waals surface area contributed by atoms with Crippen molar-refractivity contribution in [3.05, 3.63) is 65.2 Å². The summed E-state index contributed by atoms with van der Waals surface area (Å²) in [6.45, 7) is 1.45. The van der Waals surface area contributed by atoms with Gasteiger partial charge < -0.3 is 10.2 Å². The van der Waals surface area contributed by atoms with Crippen LogP contribution in [-0.2, 0) is 26.2 Å². The van der Waals surface area contributed by atoms with E-state index in [4.69, 9.17) is 11.6 Å². The molecule has 1 atom stereocenters. The van der Waals surface area contributed by atoms with Crippen LogP contribution in [0.25, 0.3) is 0 Å². The SMILES string of the molecule is C[C@H](C(=O)NC1CCCC1)N(Cc1ccccc1)C(=O)CN(c1ccc(Cl)cc1)S(C)(=O)=O. The zero-order valence-electron chi connectivity index (χ0n) is 18.9. The van der Waals surface area contributed by atoms with Crippen LogP contribution >= 0.6 is 11.6 Å². The van der Waals surface area contributed by atoms with Gasteiger partial charge in [0.15, 0.2) is 0 Å². The van der Waals surface area contributed by atoms with Crippen molar-refractivity contribution >= 4 is 39.1 Å². The molecule has 0 aromatic heterocycles. The van der Waals surface area contributed by atoms with Gasteiger partial charge in [0.25, 0.3) is 0 Å². The lowest BCUT2D eigenvalue weighted by atomic mass is 10.1. The second kappa shape index (κ2) is 11.0. The van der Waals surface area contributed by atoms with E-state index in [9.17, 15) is 18.0 Å². The topological polar surface area (TPSA) is 86.8 Å². The number of amides is 2. The highest BCUT2D eigenvalue weighted by atomic mass is 35.5. The van der Waals surface area contributed by atoms with E-state index < -0.39 is 28.5 Å². The molecule has 178 valence electrons. The third kappa shape index (κ3) is 6.95. The Morgan fingerprint density at radius 3 is 2.24 bits per heavy atom. The Bertz CT molecular complexity index is 1050. The van der Waals surface area contributed by atoms with Crippen LogP contribution in [0, 0.1) is 0 Å². The molecule has 9 heteroatoms. The quantitative estimate of drug-likeness (QED) is 0.580. The van der Waals surface area contributed by atoms with Crippen LogP contribution in [0.15, 0.2) is 54.6 Å². The van der Waals surface area contributed by atoms with Gasteiger partial charge in [-0.25, -0.2) is 8.42 Å². The summed E-state index contributed by atoms with van der Waals surface area (Å²) in [4.78, 5) is 27.9. The molecule has 2 aromatic carbocycles. The molecule has 0 bridgehead atoms. The molecule has 1 fully saturated rings. The molecule has 0 heterocycles. The van der Waals surface area contributed by atoms with Gasteiger partial charge in [0, 0.05) is 17.6 Å². The maximum absolute atomic E-state index is 13.4. The zero-order valence-corrected chi connectivity index (χ0v) is 20.5. The lowest BCUT2D eigenvalue weighted by Gasteiger charge is -2.32. The molecule has 1 N–H and O–H groups in total. The van der Waals surface area contributed by atoms with Crippen molar-refractivity contribution in [2.75, 3.05) is 17.1 Å². The van der Waals surface area contributed by atoms with E-state index >= 15 is 0 Å². The fourth-order valence-corrected chi connectivity index (χ4v) is 4.95. The van der Waals surface area contributed by atoms with Crippen molar-refractivity contribution in [1.82, 2.24) is 10.2 Å². The summed E-state index contributed by atoms with van der Waals surface area (Å²) < 4.78 is 26.1. The molecule has 2 aromatic rings. The molecule has 0 spiro atoms. The fourth-order valence-electron chi connectivity index (χ4n) is 3.98. The molecular formula is C24H30ClN3O4S. The molecular weight excluding hydrogens is 462 g/mol. The minimum Gasteiger partial charge on any atom is -0.352 e. The van der Waals surface area contributed by atoms with E-state index in [1.54, 1.807) is 31.2 Å². The van der Waals surface area contributed by atoms with Crippen LogP contribution in [0.3, 0.4) is 0 Å². The minimum absolute atomic E-state index is 0.121. The van der Waals surface area contributed by atoms with Crippen molar-refractivity contribution in [3.8, 4) is 0 Å². The van der Waals surface area contributed by atoms with Crippen LogP contribution in [-0.4, -0.2) is 50.0 Å². The number of anilines is 1. The van der Waals surface area contributed by atoms with Gasteiger partial charge >= 0.3 is 0 Å². The Morgan fingerprint density at radius 1 is 1.06 bits per heavy atom. The van der Waals surface area contributed by atoms with Gasteiger partial charge in [-0.3, -0.25) is 13.9 Å². The predicted octanol–water partition coefficient (Wildman–Crippen LogP) is 3.58. The van der Waals surface area contributed by atoms with Crippen molar-refractivity contribution in [2.24, 2.45) is 0 Å². The number of sulfonamides is 1. The molecule has 2 amide bonds. The molecule has 1 saturated carbocycles. The Labute approximate surface area is 200 Å². The highest BCUT2D eigenvalue weighted by Gasteiger charge is 2.31. The monoisotopic (exact) mass is 491 g/mol. The zero-order chi connectivity index (χ0) is 24.0. The average Bonchev–Trinajstić information content (AvgIpc) is 3.29. The smallest absolute Gasteiger partial charge is 0.244 e. The van der Waals surface area contributed by atoms with E-state index in [1.165, 1.54) is 4.90 Å². The summed E-state index contributed by atoms with van der Waals surface area (Å²) in [5, 5.41) is 3.50. The van der Waals surface area contributed by atoms with E-state index in [2.05, 4.69) is 5.32 Å². The Balaban J connectivity index is 1.84. The van der Waals surface area contributed by atoms with Crippen LogP contribution in [0.1, 0.15) is 38.2 Å². The molecule has 0 saturated heterocycles. The van der Waals surface area contributed by atoms with E-state index in [-0.39, 0.29) is 18.5 Å². The normalized spacial score (nSPS) is 15.1. The van der Waals surface area contributed by atoms with Gasteiger partial charge in [-0.2, -0.15) is 0 Å². The van der Waals surface area contributed by atoms with Crippen LogP contribution in [0.5, 0.6) is 0 Å². The van der Waals surface area contributed by atoms with E-state index in [0.29, 0.717) is 10.7 Å². The predicted molar refractivity (Wildman–Crippen MR) is 130 cm³/mol. The maximum atomic E-state index is 13.4. The van der Waals surface area contributed by atoms with Gasteiger partial charge in [0.2, 0.25) is 21.8 Å². The lowest BCUT2D eigenvalue weighted by Crippen LogP contribution is -2.52. The number of halogens is 1. The first-order valence-electron chi connectivity index (χ1n) is 11.0. The molecule has 33 heavy (non-hydrogen) atoms. The number of benzene rings is 2. The van der Waals surface area contributed by atoms with Gasteiger partial charge in [0.05, 0.1) is 11.9 Å². The molecule has 0 unspecified atom stereocenters. The number of hydrogen-bond acceptors (Lipinski definition) is 4. The second-order valence-electron chi connectivity index (χ2n) is 8.42. The Kier molecular flexibility index (Phi) is 8.37. The summed E-state index contributed by atoms with van der Waals surface area (Å²) in [7, 11) is -3.75. The first-order valence-corrected chi connectivity index (χ1v) is 13.2. The maximum Gasteiger partial charge on any atom is 0.244 e. The first kappa shape index (κ1) is 25.1. The third-order valence-corrected chi connectivity index (χ3v) is 7.25. The highest BCUT2D eigenvalue weighted by Crippen LogP contribution is 2.22. The number of hydrogen-bond donors (Lipinski definition) is 1. The highest BCUT2D eigenvalue weighted by molar-refractivity contribution is 7.92. The summed E-state index contributed by atoms with van der Waals surface area (Å²) in [6, 6.07) is 14.9. The van der Waals surface area contributed by atoms with Crippen LogP contribution in [0.4, 0.5) is 5.69 Å². The van der Waals surface area contributed by atoms with Gasteiger partial charge in [0.1, 0.15) is 12.6 Å². The van der Waals surface area contributed by atoms with E-state index in [1.807, 2.05) is 30.3 Å². The summed E-state index contributed by atoms with van der Waals surface area (Å²) in [6.07, 6.45) is 5.08. The summed E-state index contributed by atoms with van der Waals surface area (Å²) in [5.74, 6) is -0.697. The molecule has 1 aliphatic rings. The van der Waals surface area contributed by atoms with Crippen molar-refractivity contribution in [3.63, 3.8) is 0 Å². The molecule has 0 aliphatic heterocycles. The number of carbonyl (C=O) groups excluding carboxylic acids is 2. The molecule has 0 radical (unpaired) electrons. The Hall–Kier alpha value is -2.58. The molecule has 3 rings (SSSR count). The average molecular weight is 492 g/mol. The van der Waals surface area contributed by atoms with Crippen molar-refractivity contribution in [2.45, 2.75) is 51.2 Å². The van der Waals surface area contributed by atoms with E-state index in [0.717, 1.165) is 41.8 Å². The number of nitrogens with one attached hydrogen (secondary N) is 1. The summed E-state index contributed by atoms with van der Waals surface area (Å²) in [5.41, 5.74) is 1.18. The van der Waals surface area contributed by atoms with Gasteiger partial charge in [-0.15, -0.1) is 0 Å². The van der Waals surface area contributed by atoms with Crippen molar-refractivity contribution < 1.29 is 18.0 Å². The molecule has 7 nitrogen and oxygen atoms in total. The minimum atomic E-state index is -3.75. The van der Waals surface area contributed by atoms with Crippen LogP contribution < -0.4 is 9.62 Å². The third-order valence-electron chi connectivity index (χ3n) is 5.86. The standard InChI is InChI=1S/C24H30ClN3O4S/c1-18(24(30)26-21-10-6-7-11-21)27(16-19-8-4-3-5-9-19)23(29)17-28(33(2,31)32)22-14-12-20(25)13-15-22/h3-5,8-9,12-15,18,21H,6-7,10-11,16-17H2,1-2H3,(H,26,30)/t18-/m1/s1. The van der Waals surface area contributed by atoms with Gasteiger partial charge in [-0.1, -0.05) is 54.8 Å².